The number of halogens is 3. The molecule has 19 heavy (non-hydrogen) atoms. The maximum absolute atomic E-state index is 13.7. The van der Waals surface area contributed by atoms with Crippen LogP contribution in [0.15, 0.2) is 12.1 Å². The normalized spacial score (nSPS) is 17.9. The Kier molecular flexibility index (Phi) is 5.46. The van der Waals surface area contributed by atoms with E-state index in [2.05, 4.69) is 16.8 Å². The van der Waals surface area contributed by atoms with Crippen molar-refractivity contribution >= 4 is 23.2 Å². The molecule has 106 valence electrons. The lowest BCUT2D eigenvalue weighted by molar-refractivity contribution is 0.153. The first kappa shape index (κ1) is 15.0. The Morgan fingerprint density at radius 2 is 1.84 bits per heavy atom. The summed E-state index contributed by atoms with van der Waals surface area (Å²) in [6.45, 7) is 5.36. The van der Waals surface area contributed by atoms with Gasteiger partial charge in [-0.05, 0) is 38.6 Å². The molecule has 1 aromatic carbocycles. The van der Waals surface area contributed by atoms with E-state index in [-0.39, 0.29) is 5.82 Å². The van der Waals surface area contributed by atoms with E-state index >= 15 is 0 Å². The van der Waals surface area contributed by atoms with Crippen molar-refractivity contribution in [1.29, 1.82) is 0 Å². The Balaban J connectivity index is 1.84. The molecule has 0 radical (unpaired) electrons. The molecular formula is C14H19Cl2FN2. The van der Waals surface area contributed by atoms with Crippen molar-refractivity contribution in [3.05, 3.63) is 33.6 Å². The summed E-state index contributed by atoms with van der Waals surface area (Å²) in [7, 11) is 2.14. The molecule has 0 saturated carbocycles. The largest absolute Gasteiger partial charge is 0.304 e. The maximum atomic E-state index is 13.7. The average Bonchev–Trinajstić information content (AvgIpc) is 2.40. The van der Waals surface area contributed by atoms with Gasteiger partial charge in [0.25, 0.3) is 0 Å². The average molecular weight is 305 g/mol. The highest BCUT2D eigenvalue weighted by Crippen LogP contribution is 2.28. The van der Waals surface area contributed by atoms with Gasteiger partial charge in [-0.15, -0.1) is 0 Å². The van der Waals surface area contributed by atoms with Gasteiger partial charge in [0.05, 0.1) is 10.0 Å². The fourth-order valence-corrected chi connectivity index (χ4v) is 2.77. The minimum absolute atomic E-state index is 0.257. The number of benzene rings is 1. The topological polar surface area (TPSA) is 6.48 Å². The van der Waals surface area contributed by atoms with Gasteiger partial charge in [0, 0.05) is 31.7 Å². The molecule has 2 nitrogen and oxygen atoms in total. The molecule has 1 aromatic rings. The first-order chi connectivity index (χ1) is 9.08. The highest BCUT2D eigenvalue weighted by atomic mass is 35.5. The molecule has 1 aliphatic rings. The Hall–Kier alpha value is -0.350. The van der Waals surface area contributed by atoms with Crippen LogP contribution in [0.25, 0.3) is 0 Å². The van der Waals surface area contributed by atoms with Crippen molar-refractivity contribution in [3.8, 4) is 0 Å². The van der Waals surface area contributed by atoms with Gasteiger partial charge < -0.3 is 9.80 Å². The predicted octanol–water partition coefficient (Wildman–Crippen LogP) is 3.31. The van der Waals surface area contributed by atoms with Gasteiger partial charge in [0.2, 0.25) is 0 Å². The molecule has 0 unspecified atom stereocenters. The van der Waals surface area contributed by atoms with Crippen molar-refractivity contribution in [2.45, 2.75) is 12.8 Å². The van der Waals surface area contributed by atoms with Gasteiger partial charge in [-0.1, -0.05) is 23.2 Å². The molecule has 1 saturated heterocycles. The van der Waals surface area contributed by atoms with E-state index in [1.807, 2.05) is 0 Å². The van der Waals surface area contributed by atoms with E-state index in [4.69, 9.17) is 23.2 Å². The van der Waals surface area contributed by atoms with Crippen molar-refractivity contribution in [1.82, 2.24) is 9.80 Å². The van der Waals surface area contributed by atoms with Gasteiger partial charge in [0.15, 0.2) is 0 Å². The Bertz CT molecular complexity index is 432. The molecule has 0 spiro atoms. The van der Waals surface area contributed by atoms with Crippen molar-refractivity contribution in [3.63, 3.8) is 0 Å². The Morgan fingerprint density at radius 1 is 1.16 bits per heavy atom. The molecule has 0 N–H and O–H groups in total. The SMILES string of the molecule is CN1CCN(CCCc2c(F)ccc(Cl)c2Cl)CC1. The quantitative estimate of drug-likeness (QED) is 0.788. The fraction of sp³-hybridized carbons (Fsp3) is 0.571. The molecule has 0 atom stereocenters. The number of nitrogens with zero attached hydrogens (tertiary/aromatic N) is 2. The monoisotopic (exact) mass is 304 g/mol. The first-order valence-corrected chi connectivity index (χ1v) is 7.37. The third kappa shape index (κ3) is 4.06. The third-order valence-electron chi connectivity index (χ3n) is 3.64. The summed E-state index contributed by atoms with van der Waals surface area (Å²) < 4.78 is 13.7. The molecule has 0 aromatic heterocycles. The first-order valence-electron chi connectivity index (χ1n) is 6.61. The van der Waals surface area contributed by atoms with Crippen molar-refractivity contribution < 1.29 is 4.39 Å². The number of hydrogen-bond donors (Lipinski definition) is 0. The summed E-state index contributed by atoms with van der Waals surface area (Å²) in [6, 6.07) is 2.89. The summed E-state index contributed by atoms with van der Waals surface area (Å²) in [4.78, 5) is 4.74. The number of rotatable bonds is 4. The lowest BCUT2D eigenvalue weighted by Crippen LogP contribution is -2.44. The van der Waals surface area contributed by atoms with Gasteiger partial charge in [-0.3, -0.25) is 0 Å². The summed E-state index contributed by atoms with van der Waals surface area (Å²) in [5.41, 5.74) is 0.545. The number of hydrogen-bond acceptors (Lipinski definition) is 2. The van der Waals surface area contributed by atoms with E-state index in [1.165, 1.54) is 12.1 Å². The zero-order chi connectivity index (χ0) is 13.8. The zero-order valence-electron chi connectivity index (χ0n) is 11.1. The van der Waals surface area contributed by atoms with Gasteiger partial charge >= 0.3 is 0 Å². The zero-order valence-corrected chi connectivity index (χ0v) is 12.6. The molecule has 1 fully saturated rings. The lowest BCUT2D eigenvalue weighted by Gasteiger charge is -2.32. The second-order valence-electron chi connectivity index (χ2n) is 5.07. The van der Waals surface area contributed by atoms with Crippen LogP contribution in [0, 0.1) is 5.82 Å². The van der Waals surface area contributed by atoms with Crippen LogP contribution in [0.3, 0.4) is 0 Å². The maximum Gasteiger partial charge on any atom is 0.127 e. The summed E-state index contributed by atoms with van der Waals surface area (Å²) in [5, 5.41) is 0.790. The van der Waals surface area contributed by atoms with E-state index in [1.54, 1.807) is 0 Å². The molecule has 0 bridgehead atoms. The highest BCUT2D eigenvalue weighted by molar-refractivity contribution is 6.42. The Morgan fingerprint density at radius 3 is 2.53 bits per heavy atom. The van der Waals surface area contributed by atoms with Crippen molar-refractivity contribution in [2.24, 2.45) is 0 Å². The van der Waals surface area contributed by atoms with Crippen LogP contribution in [-0.2, 0) is 6.42 Å². The molecule has 2 rings (SSSR count). The van der Waals surface area contributed by atoms with Gasteiger partial charge in [-0.25, -0.2) is 4.39 Å². The number of piperazine rings is 1. The standard InChI is InChI=1S/C14H19Cl2FN2/c1-18-7-9-19(10-8-18)6-2-3-11-13(17)5-4-12(15)14(11)16/h4-5H,2-3,6-10H2,1H3. The molecule has 0 aliphatic carbocycles. The lowest BCUT2D eigenvalue weighted by atomic mass is 10.1. The molecule has 1 aliphatic heterocycles. The Labute approximate surface area is 124 Å². The van der Waals surface area contributed by atoms with E-state index in [9.17, 15) is 4.39 Å². The molecule has 1 heterocycles. The summed E-state index contributed by atoms with van der Waals surface area (Å²) >= 11 is 12.0. The fourth-order valence-electron chi connectivity index (χ4n) is 2.35. The van der Waals surface area contributed by atoms with Crippen LogP contribution in [0.2, 0.25) is 10.0 Å². The van der Waals surface area contributed by atoms with Crippen LogP contribution >= 0.6 is 23.2 Å². The molecule has 0 amide bonds. The van der Waals surface area contributed by atoms with Crippen molar-refractivity contribution in [2.75, 3.05) is 39.8 Å². The van der Waals surface area contributed by atoms with E-state index in [0.29, 0.717) is 22.0 Å². The number of likely N-dealkylation sites (N-methyl/N-ethyl adjacent to an activating group) is 1. The molecule has 5 heteroatoms. The van der Waals surface area contributed by atoms with Crippen LogP contribution in [0.5, 0.6) is 0 Å². The summed E-state index contributed by atoms with van der Waals surface area (Å²) in [6.07, 6.45) is 1.54. The van der Waals surface area contributed by atoms with Crippen LogP contribution < -0.4 is 0 Å². The second kappa shape index (κ2) is 6.89. The van der Waals surface area contributed by atoms with E-state index in [0.717, 1.165) is 39.1 Å². The van der Waals surface area contributed by atoms with Gasteiger partial charge in [-0.2, -0.15) is 0 Å². The minimum Gasteiger partial charge on any atom is -0.304 e. The summed E-state index contributed by atoms with van der Waals surface area (Å²) in [5.74, 6) is -0.257. The minimum atomic E-state index is -0.257. The van der Waals surface area contributed by atoms with E-state index < -0.39 is 0 Å². The van der Waals surface area contributed by atoms with Crippen LogP contribution in [-0.4, -0.2) is 49.6 Å². The smallest absolute Gasteiger partial charge is 0.127 e. The highest BCUT2D eigenvalue weighted by Gasteiger charge is 2.15. The predicted molar refractivity (Wildman–Crippen MR) is 78.7 cm³/mol. The van der Waals surface area contributed by atoms with Crippen LogP contribution in [0.4, 0.5) is 4.39 Å². The third-order valence-corrected chi connectivity index (χ3v) is 4.48. The molecular weight excluding hydrogens is 286 g/mol. The van der Waals surface area contributed by atoms with Crippen LogP contribution in [0.1, 0.15) is 12.0 Å². The van der Waals surface area contributed by atoms with Gasteiger partial charge in [0.1, 0.15) is 5.82 Å². The second-order valence-corrected chi connectivity index (χ2v) is 5.86.